The number of fused-ring (bicyclic) bond motifs is 1. The molecule has 25 heavy (non-hydrogen) atoms. The molecule has 0 aliphatic heterocycles. The molecule has 1 amide bonds. The Morgan fingerprint density at radius 2 is 2.04 bits per heavy atom. The number of rotatable bonds is 5. The van der Waals surface area contributed by atoms with Crippen molar-refractivity contribution in [3.8, 4) is 0 Å². The summed E-state index contributed by atoms with van der Waals surface area (Å²) in [6.07, 6.45) is 0. The second-order valence-corrected chi connectivity index (χ2v) is 7.69. The quantitative estimate of drug-likeness (QED) is 0.644. The van der Waals surface area contributed by atoms with E-state index in [1.165, 1.54) is 0 Å². The maximum atomic E-state index is 12.3. The molecular weight excluding hydrogens is 377 g/mol. The van der Waals surface area contributed by atoms with Crippen molar-refractivity contribution in [3.63, 3.8) is 0 Å². The molecule has 0 bridgehead atoms. The predicted octanol–water partition coefficient (Wildman–Crippen LogP) is 5.23. The van der Waals surface area contributed by atoms with E-state index >= 15 is 0 Å². The Kier molecular flexibility index (Phi) is 5.59. The lowest BCUT2D eigenvalue weighted by Gasteiger charge is -2.22. The third-order valence-electron chi connectivity index (χ3n) is 3.93. The number of carbonyl (C=O) groups is 1. The van der Waals surface area contributed by atoms with Gasteiger partial charge >= 0.3 is 0 Å². The molecular formula is C18H17Cl2N3OS. The molecule has 3 aromatic rings. The van der Waals surface area contributed by atoms with Crippen molar-refractivity contribution in [2.75, 3.05) is 18.9 Å². The van der Waals surface area contributed by atoms with Crippen LogP contribution in [-0.4, -0.2) is 29.4 Å². The van der Waals surface area contributed by atoms with Gasteiger partial charge in [-0.25, -0.2) is 4.98 Å². The van der Waals surface area contributed by atoms with E-state index < -0.39 is 0 Å². The zero-order valence-corrected chi connectivity index (χ0v) is 16.1. The fourth-order valence-corrected chi connectivity index (χ4v) is 3.94. The van der Waals surface area contributed by atoms with E-state index in [0.717, 1.165) is 15.2 Å². The van der Waals surface area contributed by atoms with E-state index in [0.29, 0.717) is 15.7 Å². The van der Waals surface area contributed by atoms with Gasteiger partial charge in [-0.15, -0.1) is 11.3 Å². The lowest BCUT2D eigenvalue weighted by Crippen LogP contribution is -2.32. The van der Waals surface area contributed by atoms with Crippen molar-refractivity contribution in [1.29, 1.82) is 0 Å². The number of anilines is 1. The molecule has 0 aliphatic carbocycles. The number of hydrogen-bond donors (Lipinski definition) is 1. The molecule has 3 rings (SSSR count). The first-order valence-electron chi connectivity index (χ1n) is 7.74. The molecule has 0 unspecified atom stereocenters. The second-order valence-electron chi connectivity index (χ2n) is 5.78. The molecule has 1 N–H and O–H groups in total. The fourth-order valence-electron chi connectivity index (χ4n) is 2.40. The summed E-state index contributed by atoms with van der Waals surface area (Å²) in [5.41, 5.74) is 1.54. The highest BCUT2D eigenvalue weighted by Gasteiger charge is 2.19. The monoisotopic (exact) mass is 393 g/mol. The van der Waals surface area contributed by atoms with Crippen LogP contribution >= 0.6 is 34.5 Å². The molecule has 0 radical (unpaired) electrons. The van der Waals surface area contributed by atoms with Crippen molar-refractivity contribution in [1.82, 2.24) is 9.88 Å². The number of carbonyl (C=O) groups excluding carboxylic acids is 1. The predicted molar refractivity (Wildman–Crippen MR) is 106 cm³/mol. The standard InChI is InChI=1S/C18H17Cl2N3OS/c1-11(18-22-15-5-3-4-6-16(15)25-18)23(2)10-17(24)21-14-8-7-12(19)9-13(14)20/h3-9,11H,10H2,1-2H3,(H,21,24)/t11-/m1/s1. The second kappa shape index (κ2) is 7.70. The van der Waals surface area contributed by atoms with Crippen LogP contribution in [0.15, 0.2) is 42.5 Å². The van der Waals surface area contributed by atoms with Gasteiger partial charge in [0.05, 0.1) is 33.5 Å². The van der Waals surface area contributed by atoms with Crippen molar-refractivity contribution >= 4 is 56.3 Å². The third kappa shape index (κ3) is 4.30. The summed E-state index contributed by atoms with van der Waals surface area (Å²) < 4.78 is 1.15. The number of halogens is 2. The minimum atomic E-state index is -0.139. The number of nitrogens with one attached hydrogen (secondary N) is 1. The number of nitrogens with zero attached hydrogens (tertiary/aromatic N) is 2. The first-order chi connectivity index (χ1) is 11.9. The molecule has 130 valence electrons. The van der Waals surface area contributed by atoms with Crippen LogP contribution < -0.4 is 5.32 Å². The van der Waals surface area contributed by atoms with Crippen LogP contribution in [-0.2, 0) is 4.79 Å². The Bertz CT molecular complexity index is 879. The molecule has 0 spiro atoms. The average molecular weight is 394 g/mol. The van der Waals surface area contributed by atoms with Gasteiger partial charge in [0.15, 0.2) is 0 Å². The largest absolute Gasteiger partial charge is 0.324 e. The summed E-state index contributed by atoms with van der Waals surface area (Å²) in [6.45, 7) is 2.27. The normalized spacial score (nSPS) is 12.5. The summed E-state index contributed by atoms with van der Waals surface area (Å²) in [7, 11) is 1.90. The maximum absolute atomic E-state index is 12.3. The van der Waals surface area contributed by atoms with Crippen LogP contribution in [0.2, 0.25) is 10.0 Å². The molecule has 4 nitrogen and oxygen atoms in total. The Morgan fingerprint density at radius 1 is 1.28 bits per heavy atom. The number of likely N-dealkylation sites (N-methyl/N-ethyl adjacent to an activating group) is 1. The van der Waals surface area contributed by atoms with E-state index in [9.17, 15) is 4.79 Å². The SMILES string of the molecule is C[C@H](c1nc2ccccc2s1)N(C)CC(=O)Nc1ccc(Cl)cc1Cl. The molecule has 0 fully saturated rings. The minimum Gasteiger partial charge on any atom is -0.324 e. The molecule has 0 saturated carbocycles. The summed E-state index contributed by atoms with van der Waals surface area (Å²) in [4.78, 5) is 18.9. The van der Waals surface area contributed by atoms with Crippen LogP contribution in [0.5, 0.6) is 0 Å². The van der Waals surface area contributed by atoms with Crippen LogP contribution in [0.3, 0.4) is 0 Å². The van der Waals surface area contributed by atoms with Crippen molar-refractivity contribution in [2.24, 2.45) is 0 Å². The van der Waals surface area contributed by atoms with Crippen LogP contribution in [0.1, 0.15) is 18.0 Å². The summed E-state index contributed by atoms with van der Waals surface area (Å²) >= 11 is 13.6. The zero-order valence-electron chi connectivity index (χ0n) is 13.8. The van der Waals surface area contributed by atoms with Gasteiger partial charge < -0.3 is 5.32 Å². The van der Waals surface area contributed by atoms with E-state index in [4.69, 9.17) is 23.2 Å². The molecule has 1 aromatic heterocycles. The number of amides is 1. The average Bonchev–Trinajstić information content (AvgIpc) is 3.00. The molecule has 1 heterocycles. The first kappa shape index (κ1) is 18.1. The Balaban J connectivity index is 1.66. The van der Waals surface area contributed by atoms with Crippen molar-refractivity contribution in [3.05, 3.63) is 57.5 Å². The van der Waals surface area contributed by atoms with Gasteiger partial charge in [-0.05, 0) is 44.3 Å². The summed E-state index contributed by atoms with van der Waals surface area (Å²) in [5.74, 6) is -0.139. The van der Waals surface area contributed by atoms with E-state index in [1.54, 1.807) is 29.5 Å². The lowest BCUT2D eigenvalue weighted by atomic mass is 10.3. The highest BCUT2D eigenvalue weighted by atomic mass is 35.5. The fraction of sp³-hybridized carbons (Fsp3) is 0.222. The molecule has 2 aromatic carbocycles. The highest BCUT2D eigenvalue weighted by molar-refractivity contribution is 7.18. The van der Waals surface area contributed by atoms with Gasteiger partial charge in [-0.2, -0.15) is 0 Å². The lowest BCUT2D eigenvalue weighted by molar-refractivity contribution is -0.117. The number of benzene rings is 2. The number of aromatic nitrogens is 1. The Labute approximate surface area is 160 Å². The van der Waals surface area contributed by atoms with Crippen LogP contribution in [0.25, 0.3) is 10.2 Å². The third-order valence-corrected chi connectivity index (χ3v) is 5.68. The number of thiazole rings is 1. The van der Waals surface area contributed by atoms with Gasteiger partial charge in [0, 0.05) is 5.02 Å². The molecule has 7 heteroatoms. The minimum absolute atomic E-state index is 0.0313. The summed E-state index contributed by atoms with van der Waals surface area (Å²) in [5, 5.41) is 4.75. The Hall–Kier alpha value is -1.66. The van der Waals surface area contributed by atoms with Crippen molar-refractivity contribution < 1.29 is 4.79 Å². The van der Waals surface area contributed by atoms with E-state index in [1.807, 2.05) is 37.1 Å². The van der Waals surface area contributed by atoms with Gasteiger partial charge in [0.2, 0.25) is 5.91 Å². The topological polar surface area (TPSA) is 45.2 Å². The maximum Gasteiger partial charge on any atom is 0.238 e. The zero-order chi connectivity index (χ0) is 18.0. The number of hydrogen-bond acceptors (Lipinski definition) is 4. The first-order valence-corrected chi connectivity index (χ1v) is 9.32. The molecule has 0 saturated heterocycles. The number of para-hydroxylation sites is 1. The van der Waals surface area contributed by atoms with Crippen molar-refractivity contribution in [2.45, 2.75) is 13.0 Å². The van der Waals surface area contributed by atoms with Crippen LogP contribution in [0.4, 0.5) is 5.69 Å². The highest BCUT2D eigenvalue weighted by Crippen LogP contribution is 2.29. The van der Waals surface area contributed by atoms with Gasteiger partial charge in [0.25, 0.3) is 0 Å². The molecule has 0 aliphatic rings. The Morgan fingerprint density at radius 3 is 2.76 bits per heavy atom. The van der Waals surface area contributed by atoms with E-state index in [-0.39, 0.29) is 18.5 Å². The van der Waals surface area contributed by atoms with Gasteiger partial charge in [0.1, 0.15) is 5.01 Å². The smallest absolute Gasteiger partial charge is 0.238 e. The summed E-state index contributed by atoms with van der Waals surface area (Å²) in [6, 6.07) is 13.0. The molecule has 1 atom stereocenters. The van der Waals surface area contributed by atoms with Gasteiger partial charge in [-0.3, -0.25) is 9.69 Å². The van der Waals surface area contributed by atoms with E-state index in [2.05, 4.69) is 16.4 Å². The van der Waals surface area contributed by atoms with Gasteiger partial charge in [-0.1, -0.05) is 35.3 Å². The van der Waals surface area contributed by atoms with Crippen LogP contribution in [0, 0.1) is 0 Å².